The summed E-state index contributed by atoms with van der Waals surface area (Å²) in [6.07, 6.45) is 0.981. The van der Waals surface area contributed by atoms with Crippen LogP contribution < -0.4 is 5.73 Å². The zero-order chi connectivity index (χ0) is 14.5. The highest BCUT2D eigenvalue weighted by Crippen LogP contribution is 2.26. The second kappa shape index (κ2) is 8.63. The number of nitrogens with zero attached hydrogens (tertiary/aromatic N) is 2. The van der Waals surface area contributed by atoms with Gasteiger partial charge in [-0.3, -0.25) is 0 Å². The van der Waals surface area contributed by atoms with E-state index >= 15 is 0 Å². The van der Waals surface area contributed by atoms with Crippen molar-refractivity contribution < 1.29 is 4.42 Å². The topological polar surface area (TPSA) is 64.9 Å². The third kappa shape index (κ3) is 5.18. The van der Waals surface area contributed by atoms with Gasteiger partial charge >= 0.3 is 0 Å². The maximum absolute atomic E-state index is 6.07. The lowest BCUT2D eigenvalue weighted by molar-refractivity contribution is 0.333. The molecule has 0 radical (unpaired) electrons. The number of aromatic nitrogens is 2. The summed E-state index contributed by atoms with van der Waals surface area (Å²) in [4.78, 5) is 0. The van der Waals surface area contributed by atoms with Gasteiger partial charge in [-0.2, -0.15) is 0 Å². The highest BCUT2D eigenvalue weighted by molar-refractivity contribution is 7.98. The van der Waals surface area contributed by atoms with Crippen molar-refractivity contribution in [2.75, 3.05) is 0 Å². The molecule has 0 aliphatic rings. The van der Waals surface area contributed by atoms with E-state index in [1.165, 1.54) is 11.8 Å². The van der Waals surface area contributed by atoms with E-state index in [1.54, 1.807) is 0 Å². The van der Waals surface area contributed by atoms with Crippen LogP contribution in [0.15, 0.2) is 33.9 Å². The SMILES string of the molecule is CCC(C)[C@@H](N)c1nnc(SCc2cccc(Cl)c2)o1.Cl. The molecule has 116 valence electrons. The van der Waals surface area contributed by atoms with E-state index in [4.69, 9.17) is 21.8 Å². The molecule has 4 nitrogen and oxygen atoms in total. The predicted molar refractivity (Wildman–Crippen MR) is 88.9 cm³/mol. The highest BCUT2D eigenvalue weighted by atomic mass is 35.5. The Kier molecular flexibility index (Phi) is 7.52. The largest absolute Gasteiger partial charge is 0.414 e. The minimum Gasteiger partial charge on any atom is -0.414 e. The molecule has 1 aromatic carbocycles. The number of benzene rings is 1. The molecule has 2 rings (SSSR count). The molecule has 0 saturated carbocycles. The van der Waals surface area contributed by atoms with Gasteiger partial charge in [0.05, 0.1) is 6.04 Å². The molecular weight excluding hydrogens is 329 g/mol. The average Bonchev–Trinajstić information content (AvgIpc) is 2.92. The van der Waals surface area contributed by atoms with E-state index in [2.05, 4.69) is 24.0 Å². The Hall–Kier alpha value is -0.750. The second-order valence-corrected chi connectivity index (χ2v) is 6.10. The Bertz CT molecular complexity index is 565. The molecule has 0 saturated heterocycles. The molecular formula is C14H19Cl2N3OS. The van der Waals surface area contributed by atoms with Crippen molar-refractivity contribution in [2.24, 2.45) is 11.7 Å². The van der Waals surface area contributed by atoms with E-state index in [9.17, 15) is 0 Å². The van der Waals surface area contributed by atoms with Gasteiger partial charge in [0.2, 0.25) is 5.89 Å². The summed E-state index contributed by atoms with van der Waals surface area (Å²) in [5.74, 6) is 1.56. The zero-order valence-electron chi connectivity index (χ0n) is 12.0. The number of rotatable bonds is 6. The molecule has 1 heterocycles. The Morgan fingerprint density at radius 2 is 2.14 bits per heavy atom. The fourth-order valence-corrected chi connectivity index (χ4v) is 2.61. The number of hydrogen-bond acceptors (Lipinski definition) is 5. The summed E-state index contributed by atoms with van der Waals surface area (Å²) in [6.45, 7) is 4.17. The minimum atomic E-state index is -0.201. The second-order valence-electron chi connectivity index (χ2n) is 4.74. The van der Waals surface area contributed by atoms with E-state index in [0.29, 0.717) is 17.0 Å². The van der Waals surface area contributed by atoms with Crippen LogP contribution in [0, 0.1) is 5.92 Å². The van der Waals surface area contributed by atoms with Crippen LogP contribution in [-0.2, 0) is 5.75 Å². The van der Waals surface area contributed by atoms with Crippen LogP contribution in [0.1, 0.15) is 37.8 Å². The van der Waals surface area contributed by atoms with Crippen LogP contribution in [0.4, 0.5) is 0 Å². The van der Waals surface area contributed by atoms with Crippen molar-refractivity contribution >= 4 is 35.8 Å². The maximum Gasteiger partial charge on any atom is 0.276 e. The molecule has 2 aromatic rings. The molecule has 2 atom stereocenters. The third-order valence-electron chi connectivity index (χ3n) is 3.22. The van der Waals surface area contributed by atoms with Crippen LogP contribution in [0.2, 0.25) is 5.02 Å². The van der Waals surface area contributed by atoms with Crippen molar-refractivity contribution in [3.05, 3.63) is 40.7 Å². The molecule has 1 unspecified atom stereocenters. The van der Waals surface area contributed by atoms with Gasteiger partial charge in [0.25, 0.3) is 5.22 Å². The van der Waals surface area contributed by atoms with Crippen molar-refractivity contribution in [2.45, 2.75) is 37.3 Å². The number of nitrogens with two attached hydrogens (primary N) is 1. The first-order chi connectivity index (χ1) is 9.60. The number of halogens is 2. The Morgan fingerprint density at radius 3 is 2.81 bits per heavy atom. The van der Waals surface area contributed by atoms with Crippen LogP contribution in [0.3, 0.4) is 0 Å². The van der Waals surface area contributed by atoms with Gasteiger partial charge in [0.1, 0.15) is 0 Å². The lowest BCUT2D eigenvalue weighted by Crippen LogP contribution is -2.18. The molecule has 0 fully saturated rings. The molecule has 21 heavy (non-hydrogen) atoms. The van der Waals surface area contributed by atoms with Gasteiger partial charge in [0.15, 0.2) is 0 Å². The van der Waals surface area contributed by atoms with Crippen LogP contribution in [-0.4, -0.2) is 10.2 Å². The van der Waals surface area contributed by atoms with E-state index in [1.807, 2.05) is 24.3 Å². The van der Waals surface area contributed by atoms with E-state index in [-0.39, 0.29) is 18.4 Å². The first-order valence-electron chi connectivity index (χ1n) is 6.56. The number of hydrogen-bond donors (Lipinski definition) is 1. The molecule has 0 aliphatic carbocycles. The molecule has 0 bridgehead atoms. The van der Waals surface area contributed by atoms with E-state index < -0.39 is 0 Å². The molecule has 0 aliphatic heterocycles. The van der Waals surface area contributed by atoms with Gasteiger partial charge < -0.3 is 10.2 Å². The molecule has 2 N–H and O–H groups in total. The summed E-state index contributed by atoms with van der Waals surface area (Å²) in [5.41, 5.74) is 7.19. The Morgan fingerprint density at radius 1 is 1.38 bits per heavy atom. The van der Waals surface area contributed by atoms with Crippen LogP contribution >= 0.6 is 35.8 Å². The number of thioether (sulfide) groups is 1. The van der Waals surface area contributed by atoms with Gasteiger partial charge in [-0.15, -0.1) is 22.6 Å². The standard InChI is InChI=1S/C14H18ClN3OS.ClH/c1-3-9(2)12(16)13-17-18-14(19-13)20-8-10-5-4-6-11(15)7-10;/h4-7,9,12H,3,8,16H2,1-2H3;1H/t9?,12-;/m1./s1. The van der Waals surface area contributed by atoms with Crippen molar-refractivity contribution in [3.8, 4) is 0 Å². The van der Waals surface area contributed by atoms with Gasteiger partial charge in [0, 0.05) is 10.8 Å². The van der Waals surface area contributed by atoms with Crippen molar-refractivity contribution in [1.29, 1.82) is 0 Å². The fraction of sp³-hybridized carbons (Fsp3) is 0.429. The Balaban J connectivity index is 0.00000220. The first-order valence-corrected chi connectivity index (χ1v) is 7.92. The normalized spacial score (nSPS) is 13.5. The highest BCUT2D eigenvalue weighted by Gasteiger charge is 2.19. The fourth-order valence-electron chi connectivity index (χ4n) is 1.68. The van der Waals surface area contributed by atoms with Gasteiger partial charge in [-0.1, -0.05) is 55.8 Å². The monoisotopic (exact) mass is 347 g/mol. The summed E-state index contributed by atoms with van der Waals surface area (Å²) in [7, 11) is 0. The van der Waals surface area contributed by atoms with E-state index in [0.717, 1.165) is 22.8 Å². The van der Waals surface area contributed by atoms with Crippen LogP contribution in [0.5, 0.6) is 0 Å². The average molecular weight is 348 g/mol. The maximum atomic E-state index is 6.07. The summed E-state index contributed by atoms with van der Waals surface area (Å²) in [5, 5.41) is 9.32. The molecule has 0 amide bonds. The molecule has 7 heteroatoms. The molecule has 1 aromatic heterocycles. The lowest BCUT2D eigenvalue weighted by Gasteiger charge is -2.13. The van der Waals surface area contributed by atoms with Crippen molar-refractivity contribution in [3.63, 3.8) is 0 Å². The smallest absolute Gasteiger partial charge is 0.276 e. The predicted octanol–water partition coefficient (Wildman–Crippen LogP) is 4.48. The summed E-state index contributed by atoms with van der Waals surface area (Å²) < 4.78 is 5.60. The third-order valence-corrected chi connectivity index (χ3v) is 4.34. The summed E-state index contributed by atoms with van der Waals surface area (Å²) in [6, 6.07) is 7.52. The first kappa shape index (κ1) is 18.3. The van der Waals surface area contributed by atoms with Gasteiger partial charge in [-0.25, -0.2) is 0 Å². The minimum absolute atomic E-state index is 0. The van der Waals surface area contributed by atoms with Gasteiger partial charge in [-0.05, 0) is 23.6 Å². The van der Waals surface area contributed by atoms with Crippen molar-refractivity contribution in [1.82, 2.24) is 10.2 Å². The zero-order valence-corrected chi connectivity index (χ0v) is 14.3. The van der Waals surface area contributed by atoms with Crippen LogP contribution in [0.25, 0.3) is 0 Å². The molecule has 0 spiro atoms. The quantitative estimate of drug-likeness (QED) is 0.780. The lowest BCUT2D eigenvalue weighted by atomic mass is 10.0. The Labute approximate surface area is 140 Å². The summed E-state index contributed by atoms with van der Waals surface area (Å²) >= 11 is 7.43.